The van der Waals surface area contributed by atoms with E-state index in [1.165, 1.54) is 11.3 Å². The number of aromatic carboxylic acids is 1. The van der Waals surface area contributed by atoms with E-state index >= 15 is 0 Å². The minimum Gasteiger partial charge on any atom is -0.478 e. The summed E-state index contributed by atoms with van der Waals surface area (Å²) in [4.78, 5) is 24.2. The lowest BCUT2D eigenvalue weighted by Gasteiger charge is -2.13. The Hall–Kier alpha value is -1.40. The highest BCUT2D eigenvalue weighted by Gasteiger charge is 2.31. The molecule has 6 heteroatoms. The third-order valence-electron chi connectivity index (χ3n) is 3.24. The van der Waals surface area contributed by atoms with Gasteiger partial charge in [-0.25, -0.2) is 4.79 Å². The van der Waals surface area contributed by atoms with E-state index in [2.05, 4.69) is 5.32 Å². The molecule has 19 heavy (non-hydrogen) atoms. The zero-order valence-electron chi connectivity index (χ0n) is 10.9. The van der Waals surface area contributed by atoms with E-state index in [9.17, 15) is 9.59 Å². The number of carbonyl (C=O) groups is 2. The van der Waals surface area contributed by atoms with Crippen LogP contribution in [0.3, 0.4) is 0 Å². The Morgan fingerprint density at radius 1 is 1.58 bits per heavy atom. The summed E-state index contributed by atoms with van der Waals surface area (Å²) >= 11 is 1.31. The van der Waals surface area contributed by atoms with Crippen molar-refractivity contribution in [3.8, 4) is 0 Å². The van der Waals surface area contributed by atoms with Gasteiger partial charge in [0.2, 0.25) is 0 Å². The normalized spacial score (nSPS) is 22.4. The zero-order chi connectivity index (χ0) is 14.0. The Kier molecular flexibility index (Phi) is 4.21. The van der Waals surface area contributed by atoms with Crippen LogP contribution in [0.2, 0.25) is 0 Å². The first-order valence-electron chi connectivity index (χ1n) is 6.31. The minimum atomic E-state index is -1.02. The number of nitrogens with one attached hydrogen (secondary N) is 1. The summed E-state index contributed by atoms with van der Waals surface area (Å²) in [5.41, 5.74) is 0.154. The molecule has 1 aromatic rings. The van der Waals surface area contributed by atoms with Crippen LogP contribution in [0.15, 0.2) is 6.07 Å². The van der Waals surface area contributed by atoms with E-state index in [1.54, 1.807) is 6.07 Å². The summed E-state index contributed by atoms with van der Waals surface area (Å²) in [5, 5.41) is 12.2. The van der Waals surface area contributed by atoms with E-state index in [-0.39, 0.29) is 17.4 Å². The Morgan fingerprint density at radius 3 is 2.84 bits per heavy atom. The Bertz CT molecular complexity index is 497. The van der Waals surface area contributed by atoms with Gasteiger partial charge in [0, 0.05) is 11.5 Å². The first kappa shape index (κ1) is 14.0. The average molecular weight is 283 g/mol. The molecule has 2 heterocycles. The van der Waals surface area contributed by atoms with Crippen molar-refractivity contribution in [2.24, 2.45) is 5.92 Å². The van der Waals surface area contributed by atoms with Crippen LogP contribution < -0.4 is 5.32 Å². The molecule has 1 aliphatic rings. The standard InChI is InChI=1S/C13H17NO4S/c1-3-8-6-9(13(16)17)12(19-8)14-11(15)10-7(2)4-5-18-10/h6-7,10H,3-5H2,1-2H3,(H,14,15)(H,16,17). The summed E-state index contributed by atoms with van der Waals surface area (Å²) < 4.78 is 5.38. The molecule has 2 N–H and O–H groups in total. The van der Waals surface area contributed by atoms with E-state index in [4.69, 9.17) is 9.84 Å². The molecule has 0 bridgehead atoms. The molecule has 1 saturated heterocycles. The quantitative estimate of drug-likeness (QED) is 0.889. The first-order chi connectivity index (χ1) is 9.02. The predicted octanol–water partition coefficient (Wildman–Crippen LogP) is 2.37. The summed E-state index contributed by atoms with van der Waals surface area (Å²) in [6.45, 7) is 4.49. The number of rotatable bonds is 4. The molecule has 0 spiro atoms. The van der Waals surface area contributed by atoms with E-state index in [0.717, 1.165) is 17.7 Å². The van der Waals surface area contributed by atoms with E-state index in [0.29, 0.717) is 11.6 Å². The fourth-order valence-electron chi connectivity index (χ4n) is 2.08. The average Bonchev–Trinajstić information content (AvgIpc) is 2.95. The highest BCUT2D eigenvalue weighted by molar-refractivity contribution is 7.16. The van der Waals surface area contributed by atoms with Crippen LogP contribution in [0.5, 0.6) is 0 Å². The van der Waals surface area contributed by atoms with Crippen LogP contribution in [0.4, 0.5) is 5.00 Å². The highest BCUT2D eigenvalue weighted by Crippen LogP contribution is 2.30. The predicted molar refractivity (Wildman–Crippen MR) is 72.8 cm³/mol. The lowest BCUT2D eigenvalue weighted by Crippen LogP contribution is -2.31. The molecule has 0 saturated carbocycles. The number of thiophene rings is 1. The van der Waals surface area contributed by atoms with E-state index < -0.39 is 12.1 Å². The molecule has 1 amide bonds. The van der Waals surface area contributed by atoms with Gasteiger partial charge in [-0.05, 0) is 24.8 Å². The van der Waals surface area contributed by atoms with Crippen molar-refractivity contribution < 1.29 is 19.4 Å². The molecule has 5 nitrogen and oxygen atoms in total. The van der Waals surface area contributed by atoms with Crippen LogP contribution in [0, 0.1) is 5.92 Å². The van der Waals surface area contributed by atoms with Crippen molar-refractivity contribution >= 4 is 28.2 Å². The molecule has 1 aromatic heterocycles. The minimum absolute atomic E-state index is 0.154. The molecule has 1 fully saturated rings. The summed E-state index contributed by atoms with van der Waals surface area (Å²) in [6, 6.07) is 1.61. The van der Waals surface area contributed by atoms with Gasteiger partial charge >= 0.3 is 5.97 Å². The maximum Gasteiger partial charge on any atom is 0.338 e. The largest absolute Gasteiger partial charge is 0.478 e. The summed E-state index contributed by atoms with van der Waals surface area (Å²) in [5.74, 6) is -1.11. The number of ether oxygens (including phenoxy) is 1. The van der Waals surface area contributed by atoms with Crippen molar-refractivity contribution in [2.75, 3.05) is 11.9 Å². The second kappa shape index (κ2) is 5.71. The number of amides is 1. The topological polar surface area (TPSA) is 75.6 Å². The van der Waals surface area contributed by atoms with Crippen LogP contribution in [0.1, 0.15) is 35.5 Å². The van der Waals surface area contributed by atoms with Gasteiger partial charge in [0.1, 0.15) is 11.1 Å². The van der Waals surface area contributed by atoms with Gasteiger partial charge in [-0.3, -0.25) is 4.79 Å². The lowest BCUT2D eigenvalue weighted by atomic mass is 10.0. The molecule has 0 aromatic carbocycles. The van der Waals surface area contributed by atoms with Crippen molar-refractivity contribution in [1.29, 1.82) is 0 Å². The SMILES string of the molecule is CCc1cc(C(=O)O)c(NC(=O)C2OCCC2C)s1. The first-order valence-corrected chi connectivity index (χ1v) is 7.13. The molecule has 2 unspecified atom stereocenters. The Balaban J connectivity index is 2.16. The van der Waals surface area contributed by atoms with Gasteiger partial charge in [-0.1, -0.05) is 13.8 Å². The maximum absolute atomic E-state index is 12.1. The number of aryl methyl sites for hydroxylation is 1. The zero-order valence-corrected chi connectivity index (χ0v) is 11.8. The Labute approximate surface area is 115 Å². The molecular weight excluding hydrogens is 266 g/mol. The highest BCUT2D eigenvalue weighted by atomic mass is 32.1. The van der Waals surface area contributed by atoms with E-state index in [1.807, 2.05) is 13.8 Å². The van der Waals surface area contributed by atoms with Gasteiger partial charge in [0.15, 0.2) is 0 Å². The second-order valence-corrected chi connectivity index (χ2v) is 5.80. The molecule has 104 valence electrons. The van der Waals surface area contributed by atoms with Crippen LogP contribution in [-0.2, 0) is 16.0 Å². The maximum atomic E-state index is 12.1. The molecule has 1 aliphatic heterocycles. The monoisotopic (exact) mass is 283 g/mol. The van der Waals surface area contributed by atoms with Crippen molar-refractivity contribution in [3.05, 3.63) is 16.5 Å². The fraction of sp³-hybridized carbons (Fsp3) is 0.538. The smallest absolute Gasteiger partial charge is 0.338 e. The number of anilines is 1. The third-order valence-corrected chi connectivity index (χ3v) is 4.44. The molecule has 0 radical (unpaired) electrons. The van der Waals surface area contributed by atoms with Gasteiger partial charge < -0.3 is 15.2 Å². The number of carboxylic acids is 1. The molecule has 2 rings (SSSR count). The van der Waals surface area contributed by atoms with Gasteiger partial charge in [0.05, 0.1) is 5.56 Å². The Morgan fingerprint density at radius 2 is 2.32 bits per heavy atom. The van der Waals surface area contributed by atoms with Crippen molar-refractivity contribution in [1.82, 2.24) is 0 Å². The third kappa shape index (κ3) is 2.96. The molecular formula is C13H17NO4S. The van der Waals surface area contributed by atoms with Crippen molar-refractivity contribution in [3.63, 3.8) is 0 Å². The van der Waals surface area contributed by atoms with Gasteiger partial charge in [-0.15, -0.1) is 11.3 Å². The number of hydrogen-bond donors (Lipinski definition) is 2. The summed E-state index contributed by atoms with van der Waals surface area (Å²) in [6.07, 6.45) is 1.12. The van der Waals surface area contributed by atoms with Gasteiger partial charge in [0.25, 0.3) is 5.91 Å². The van der Waals surface area contributed by atoms with Crippen LogP contribution >= 0.6 is 11.3 Å². The fourth-order valence-corrected chi connectivity index (χ4v) is 3.07. The molecule has 0 aliphatic carbocycles. The summed E-state index contributed by atoms with van der Waals surface area (Å²) in [7, 11) is 0. The van der Waals surface area contributed by atoms with Crippen molar-refractivity contribution in [2.45, 2.75) is 32.8 Å². The van der Waals surface area contributed by atoms with Gasteiger partial charge in [-0.2, -0.15) is 0 Å². The number of carboxylic acid groups (broad SMARTS) is 1. The number of carbonyl (C=O) groups excluding carboxylic acids is 1. The lowest BCUT2D eigenvalue weighted by molar-refractivity contribution is -0.126. The second-order valence-electron chi connectivity index (χ2n) is 4.66. The molecule has 2 atom stereocenters. The number of hydrogen-bond acceptors (Lipinski definition) is 4. The van der Waals surface area contributed by atoms with Crippen LogP contribution in [0.25, 0.3) is 0 Å². The van der Waals surface area contributed by atoms with Crippen LogP contribution in [-0.4, -0.2) is 29.7 Å².